The highest BCUT2D eigenvalue weighted by Gasteiger charge is 2.40. The second kappa shape index (κ2) is 7.45. The summed E-state index contributed by atoms with van der Waals surface area (Å²) in [6.45, 7) is 5.39. The van der Waals surface area contributed by atoms with Gasteiger partial charge < -0.3 is 10.1 Å². The number of ether oxygens (including phenoxy) is 1. The number of hydrogen-bond donors (Lipinski definition) is 1. The Hall–Kier alpha value is -2.42. The Morgan fingerprint density at radius 3 is 2.50 bits per heavy atom. The molecule has 142 valence electrons. The zero-order valence-corrected chi connectivity index (χ0v) is 15.9. The lowest BCUT2D eigenvalue weighted by Gasteiger charge is -2.36. The number of benzene rings is 1. The second-order valence-corrected chi connectivity index (χ2v) is 8.50. The molecule has 1 N–H and O–H groups in total. The van der Waals surface area contributed by atoms with Crippen LogP contribution in [0.5, 0.6) is 0 Å². The van der Waals surface area contributed by atoms with E-state index >= 15 is 0 Å². The van der Waals surface area contributed by atoms with Crippen LogP contribution in [0.4, 0.5) is 11.4 Å². The molecule has 1 aliphatic heterocycles. The van der Waals surface area contributed by atoms with E-state index in [-0.39, 0.29) is 28.8 Å². The maximum atomic E-state index is 12.6. The van der Waals surface area contributed by atoms with Crippen molar-refractivity contribution in [2.24, 2.45) is 5.92 Å². The molecule has 26 heavy (non-hydrogen) atoms. The van der Waals surface area contributed by atoms with Crippen LogP contribution in [0, 0.1) is 5.92 Å². The van der Waals surface area contributed by atoms with E-state index in [2.05, 4.69) is 5.32 Å². The zero-order chi connectivity index (χ0) is 19.6. The third kappa shape index (κ3) is 4.04. The zero-order valence-electron chi connectivity index (χ0n) is 15.1. The quantitative estimate of drug-likeness (QED) is 0.622. The number of fused-ring (bicyclic) bond motifs is 1. The molecule has 1 atom stereocenters. The molecule has 0 saturated carbocycles. The molecule has 1 aliphatic rings. The molecule has 0 fully saturated rings. The van der Waals surface area contributed by atoms with Crippen LogP contribution in [0.2, 0.25) is 0 Å². The van der Waals surface area contributed by atoms with Crippen molar-refractivity contribution in [2.45, 2.75) is 38.1 Å². The Bertz CT molecular complexity index is 847. The van der Waals surface area contributed by atoms with Crippen molar-refractivity contribution >= 4 is 39.0 Å². The first-order valence-corrected chi connectivity index (χ1v) is 10.1. The van der Waals surface area contributed by atoms with Gasteiger partial charge in [0.15, 0.2) is 9.84 Å². The number of anilines is 2. The first-order chi connectivity index (χ1) is 12.1. The lowest BCUT2D eigenvalue weighted by atomic mass is 9.98. The first-order valence-electron chi connectivity index (χ1n) is 8.21. The average Bonchev–Trinajstić information content (AvgIpc) is 2.53. The molecule has 0 aliphatic carbocycles. The summed E-state index contributed by atoms with van der Waals surface area (Å²) >= 11 is 0. The van der Waals surface area contributed by atoms with Crippen LogP contribution in [0.3, 0.4) is 0 Å². The molecule has 9 heteroatoms. The number of sulfone groups is 1. The second-order valence-electron chi connectivity index (χ2n) is 6.48. The monoisotopic (exact) mass is 382 g/mol. The highest BCUT2D eigenvalue weighted by atomic mass is 32.2. The van der Waals surface area contributed by atoms with Crippen LogP contribution >= 0.6 is 0 Å². The minimum absolute atomic E-state index is 0.00222. The Morgan fingerprint density at radius 1 is 1.31 bits per heavy atom. The average molecular weight is 382 g/mol. The van der Waals surface area contributed by atoms with Gasteiger partial charge in [0, 0.05) is 6.26 Å². The summed E-state index contributed by atoms with van der Waals surface area (Å²) in [5.74, 6) is -2.41. The molecule has 0 spiro atoms. The van der Waals surface area contributed by atoms with Crippen LogP contribution in [0.25, 0.3) is 0 Å². The number of rotatable bonds is 4. The van der Waals surface area contributed by atoms with Crippen molar-refractivity contribution in [3.05, 3.63) is 18.2 Å². The van der Waals surface area contributed by atoms with E-state index in [1.165, 1.54) is 18.2 Å². The summed E-state index contributed by atoms with van der Waals surface area (Å²) in [7, 11) is -3.50. The minimum Gasteiger partial charge on any atom is -0.459 e. The van der Waals surface area contributed by atoms with E-state index in [4.69, 9.17) is 4.74 Å². The molecule has 1 aromatic carbocycles. The predicted octanol–water partition coefficient (Wildman–Crippen LogP) is 1.35. The highest BCUT2D eigenvalue weighted by Crippen LogP contribution is 2.36. The maximum absolute atomic E-state index is 12.6. The Balaban J connectivity index is 2.57. The predicted molar refractivity (Wildman–Crippen MR) is 95.5 cm³/mol. The summed E-state index contributed by atoms with van der Waals surface area (Å²) in [6.07, 6.45) is 1.38. The van der Waals surface area contributed by atoms with Gasteiger partial charge in [-0.05, 0) is 37.5 Å². The molecule has 0 aromatic heterocycles. The molecular formula is C17H22N2O6S. The molecule has 0 saturated heterocycles. The van der Waals surface area contributed by atoms with Gasteiger partial charge in [0.05, 0.1) is 22.9 Å². The van der Waals surface area contributed by atoms with Gasteiger partial charge in [-0.3, -0.25) is 14.5 Å². The van der Waals surface area contributed by atoms with E-state index < -0.39 is 33.7 Å². The van der Waals surface area contributed by atoms with Crippen LogP contribution < -0.4 is 10.2 Å². The van der Waals surface area contributed by atoms with Gasteiger partial charge in [-0.25, -0.2) is 13.2 Å². The van der Waals surface area contributed by atoms with Crippen molar-refractivity contribution in [1.82, 2.24) is 0 Å². The standard InChI is InChI=1S/C17H22N2O6S/c1-5-25-17(22)16(21)19-13-7-6-11(26(4,23)24)9-12(13)18-15(20)14(19)8-10(2)3/h6-7,9-10,14H,5,8H2,1-4H3,(H,18,20)/t14-/m0/s1. The van der Waals surface area contributed by atoms with Gasteiger partial charge in [0.25, 0.3) is 0 Å². The van der Waals surface area contributed by atoms with E-state index in [9.17, 15) is 22.8 Å². The number of nitrogens with one attached hydrogen (secondary N) is 1. The Morgan fingerprint density at radius 2 is 1.96 bits per heavy atom. The summed E-state index contributed by atoms with van der Waals surface area (Å²) in [5.41, 5.74) is 0.427. The maximum Gasteiger partial charge on any atom is 0.397 e. The summed E-state index contributed by atoms with van der Waals surface area (Å²) in [4.78, 5) is 38.2. The number of esters is 1. The number of carbonyl (C=O) groups is 3. The summed E-state index contributed by atoms with van der Waals surface area (Å²) < 4.78 is 28.3. The molecule has 0 radical (unpaired) electrons. The number of carbonyl (C=O) groups excluding carboxylic acids is 3. The van der Waals surface area contributed by atoms with E-state index in [0.717, 1.165) is 11.2 Å². The highest BCUT2D eigenvalue weighted by molar-refractivity contribution is 7.90. The fourth-order valence-electron chi connectivity index (χ4n) is 2.76. The molecule has 0 bridgehead atoms. The lowest BCUT2D eigenvalue weighted by molar-refractivity contribution is -0.153. The molecule has 0 unspecified atom stereocenters. The van der Waals surface area contributed by atoms with Crippen molar-refractivity contribution in [3.8, 4) is 0 Å². The fourth-order valence-corrected chi connectivity index (χ4v) is 3.41. The van der Waals surface area contributed by atoms with E-state index in [0.29, 0.717) is 6.42 Å². The van der Waals surface area contributed by atoms with Gasteiger partial charge in [-0.15, -0.1) is 0 Å². The van der Waals surface area contributed by atoms with E-state index in [1.807, 2.05) is 13.8 Å². The normalized spacial score (nSPS) is 16.9. The van der Waals surface area contributed by atoms with Crippen LogP contribution in [-0.2, 0) is 29.0 Å². The molecule has 1 heterocycles. The van der Waals surface area contributed by atoms with Crippen molar-refractivity contribution < 1.29 is 27.5 Å². The van der Waals surface area contributed by atoms with Gasteiger partial charge in [0.2, 0.25) is 5.91 Å². The largest absolute Gasteiger partial charge is 0.459 e. The van der Waals surface area contributed by atoms with E-state index in [1.54, 1.807) is 6.92 Å². The minimum atomic E-state index is -3.50. The van der Waals surface area contributed by atoms with Gasteiger partial charge in [-0.1, -0.05) is 13.8 Å². The molecular weight excluding hydrogens is 360 g/mol. The van der Waals surface area contributed by atoms with Crippen LogP contribution in [0.15, 0.2) is 23.1 Å². The number of amides is 2. The smallest absolute Gasteiger partial charge is 0.397 e. The van der Waals surface area contributed by atoms with Crippen molar-refractivity contribution in [3.63, 3.8) is 0 Å². The SMILES string of the molecule is CCOC(=O)C(=O)N1c2ccc(S(C)(=O)=O)cc2NC(=O)[C@@H]1CC(C)C. The van der Waals surface area contributed by atoms with Gasteiger partial charge in [-0.2, -0.15) is 0 Å². The first kappa shape index (κ1) is 19.9. The Labute approximate surface area is 152 Å². The Kier molecular flexibility index (Phi) is 5.70. The van der Waals surface area contributed by atoms with Crippen molar-refractivity contribution in [1.29, 1.82) is 0 Å². The van der Waals surface area contributed by atoms with Gasteiger partial charge >= 0.3 is 11.9 Å². The third-order valence-corrected chi connectivity index (χ3v) is 5.00. The molecule has 1 aromatic rings. The fraction of sp³-hybridized carbons (Fsp3) is 0.471. The number of nitrogens with zero attached hydrogens (tertiary/aromatic N) is 1. The van der Waals surface area contributed by atoms with Crippen LogP contribution in [-0.4, -0.2) is 45.1 Å². The topological polar surface area (TPSA) is 110 Å². The van der Waals surface area contributed by atoms with Crippen molar-refractivity contribution in [2.75, 3.05) is 23.1 Å². The molecule has 2 rings (SSSR count). The lowest BCUT2D eigenvalue weighted by Crippen LogP contribution is -2.54. The van der Waals surface area contributed by atoms with Gasteiger partial charge in [0.1, 0.15) is 6.04 Å². The van der Waals surface area contributed by atoms with Crippen LogP contribution in [0.1, 0.15) is 27.2 Å². The summed E-state index contributed by atoms with van der Waals surface area (Å²) in [6, 6.07) is 3.14. The molecule has 2 amide bonds. The third-order valence-electron chi connectivity index (χ3n) is 3.89. The number of hydrogen-bond acceptors (Lipinski definition) is 6. The summed E-state index contributed by atoms with van der Waals surface area (Å²) in [5, 5.41) is 2.63. The molecule has 8 nitrogen and oxygen atoms in total.